The Morgan fingerprint density at radius 2 is 1.72 bits per heavy atom. The van der Waals surface area contributed by atoms with Gasteiger partial charge in [-0.3, -0.25) is 4.79 Å². The van der Waals surface area contributed by atoms with E-state index >= 15 is 0 Å². The van der Waals surface area contributed by atoms with Crippen molar-refractivity contribution < 1.29 is 17.9 Å². The third-order valence-corrected chi connectivity index (χ3v) is 6.02. The Morgan fingerprint density at radius 3 is 2.28 bits per heavy atom. The van der Waals surface area contributed by atoms with Crippen molar-refractivity contribution in [3.05, 3.63) is 24.3 Å². The first-order valence-electron chi connectivity index (χ1n) is 8.89. The van der Waals surface area contributed by atoms with Crippen LogP contribution >= 0.6 is 0 Å². The van der Waals surface area contributed by atoms with Crippen LogP contribution in [0.15, 0.2) is 29.2 Å². The number of benzene rings is 1. The van der Waals surface area contributed by atoms with Gasteiger partial charge < -0.3 is 10.1 Å². The molecule has 1 amide bonds. The zero-order chi connectivity index (χ0) is 18.3. The van der Waals surface area contributed by atoms with Crippen molar-refractivity contribution in [1.29, 1.82) is 0 Å². The van der Waals surface area contributed by atoms with Gasteiger partial charge in [0.15, 0.2) is 6.61 Å². The number of nitrogens with one attached hydrogen (secondary N) is 1. The molecule has 1 aliphatic heterocycles. The summed E-state index contributed by atoms with van der Waals surface area (Å²) in [5, 5.41) is 2.77. The molecule has 0 aliphatic carbocycles. The molecule has 1 aliphatic rings. The molecule has 0 bridgehead atoms. The Kier molecular flexibility index (Phi) is 7.25. The summed E-state index contributed by atoms with van der Waals surface area (Å²) in [6.07, 6.45) is 3.98. The number of rotatable bonds is 7. The maximum absolute atomic E-state index is 12.7. The zero-order valence-electron chi connectivity index (χ0n) is 15.0. The molecule has 7 heteroatoms. The number of carbonyl (C=O) groups excluding carboxylic acids is 1. The summed E-state index contributed by atoms with van der Waals surface area (Å²) in [6.45, 7) is 5.72. The number of hydrogen-bond donors (Lipinski definition) is 1. The first-order valence-corrected chi connectivity index (χ1v) is 10.3. The highest BCUT2D eigenvalue weighted by atomic mass is 32.2. The van der Waals surface area contributed by atoms with Crippen molar-refractivity contribution in [2.75, 3.05) is 26.2 Å². The summed E-state index contributed by atoms with van der Waals surface area (Å²) >= 11 is 0. The molecule has 1 aromatic carbocycles. The number of carbonyl (C=O) groups is 1. The number of amides is 1. The van der Waals surface area contributed by atoms with Crippen molar-refractivity contribution in [3.8, 4) is 5.75 Å². The lowest BCUT2D eigenvalue weighted by Crippen LogP contribution is -2.32. The van der Waals surface area contributed by atoms with Crippen LogP contribution in [0.4, 0.5) is 0 Å². The number of nitrogens with zero attached hydrogens (tertiary/aromatic N) is 1. The molecule has 0 atom stereocenters. The Hall–Kier alpha value is -1.60. The van der Waals surface area contributed by atoms with Crippen LogP contribution in [0.3, 0.4) is 0 Å². The van der Waals surface area contributed by atoms with Gasteiger partial charge in [-0.05, 0) is 43.0 Å². The van der Waals surface area contributed by atoms with E-state index in [0.29, 0.717) is 31.3 Å². The van der Waals surface area contributed by atoms with Gasteiger partial charge in [-0.15, -0.1) is 0 Å². The third kappa shape index (κ3) is 6.01. The standard InChI is InChI=1S/C18H28N2O4S/c1-15(2)13-19-18(21)14-24-16-7-9-17(10-8-16)25(22,23)20-11-5-3-4-6-12-20/h7-10,15H,3-6,11-14H2,1-2H3,(H,19,21). The Bertz CT molecular complexity index is 648. The minimum absolute atomic E-state index is 0.0784. The molecule has 0 aromatic heterocycles. The van der Waals surface area contributed by atoms with E-state index in [1.54, 1.807) is 28.6 Å². The van der Waals surface area contributed by atoms with Crippen molar-refractivity contribution >= 4 is 15.9 Å². The summed E-state index contributed by atoms with van der Waals surface area (Å²) in [7, 11) is -3.45. The quantitative estimate of drug-likeness (QED) is 0.802. The molecule has 25 heavy (non-hydrogen) atoms. The lowest BCUT2D eigenvalue weighted by Gasteiger charge is -2.20. The van der Waals surface area contributed by atoms with Crippen molar-refractivity contribution in [2.24, 2.45) is 5.92 Å². The summed E-state index contributed by atoms with van der Waals surface area (Å²) in [5.41, 5.74) is 0. The Labute approximate surface area is 150 Å². The lowest BCUT2D eigenvalue weighted by atomic mass is 10.2. The van der Waals surface area contributed by atoms with Gasteiger partial charge in [0.1, 0.15) is 5.75 Å². The minimum Gasteiger partial charge on any atom is -0.484 e. The molecule has 2 rings (SSSR count). The molecule has 1 saturated heterocycles. The van der Waals surface area contributed by atoms with E-state index in [1.165, 1.54) is 0 Å². The first kappa shape index (κ1) is 19.7. The second-order valence-corrected chi connectivity index (χ2v) is 8.71. The van der Waals surface area contributed by atoms with Gasteiger partial charge in [-0.1, -0.05) is 26.7 Å². The SMILES string of the molecule is CC(C)CNC(=O)COc1ccc(S(=O)(=O)N2CCCCCC2)cc1. The fraction of sp³-hybridized carbons (Fsp3) is 0.611. The van der Waals surface area contributed by atoms with E-state index in [9.17, 15) is 13.2 Å². The van der Waals surface area contributed by atoms with E-state index in [1.807, 2.05) is 13.8 Å². The molecule has 1 aromatic rings. The van der Waals surface area contributed by atoms with Crippen LogP contribution < -0.4 is 10.1 Å². The predicted octanol–water partition coefficient (Wildman–Crippen LogP) is 2.40. The van der Waals surface area contributed by atoms with E-state index < -0.39 is 10.0 Å². The van der Waals surface area contributed by atoms with Crippen LogP contribution in [0.5, 0.6) is 5.75 Å². The third-order valence-electron chi connectivity index (χ3n) is 4.10. The molecular formula is C18H28N2O4S. The maximum atomic E-state index is 12.7. The van der Waals surface area contributed by atoms with Crippen LogP contribution in [0.25, 0.3) is 0 Å². The summed E-state index contributed by atoms with van der Waals surface area (Å²) in [4.78, 5) is 11.9. The van der Waals surface area contributed by atoms with Gasteiger partial charge in [0, 0.05) is 19.6 Å². The van der Waals surface area contributed by atoms with Crippen LogP contribution in [-0.4, -0.2) is 44.9 Å². The van der Waals surface area contributed by atoms with E-state index in [4.69, 9.17) is 4.74 Å². The molecule has 0 unspecified atom stereocenters. The van der Waals surface area contributed by atoms with E-state index in [0.717, 1.165) is 25.7 Å². The van der Waals surface area contributed by atoms with Crippen molar-refractivity contribution in [3.63, 3.8) is 0 Å². The highest BCUT2D eigenvalue weighted by Crippen LogP contribution is 2.22. The molecule has 1 heterocycles. The highest BCUT2D eigenvalue weighted by molar-refractivity contribution is 7.89. The van der Waals surface area contributed by atoms with Crippen LogP contribution in [0.2, 0.25) is 0 Å². The van der Waals surface area contributed by atoms with Gasteiger partial charge in [0.05, 0.1) is 4.90 Å². The lowest BCUT2D eigenvalue weighted by molar-refractivity contribution is -0.123. The zero-order valence-corrected chi connectivity index (χ0v) is 15.8. The number of sulfonamides is 1. The average Bonchev–Trinajstić information content (AvgIpc) is 2.88. The smallest absolute Gasteiger partial charge is 0.257 e. The second-order valence-electron chi connectivity index (χ2n) is 6.78. The fourth-order valence-electron chi connectivity index (χ4n) is 2.66. The van der Waals surface area contributed by atoms with E-state index in [2.05, 4.69) is 5.32 Å². The van der Waals surface area contributed by atoms with Gasteiger partial charge in [-0.25, -0.2) is 8.42 Å². The first-order chi connectivity index (χ1) is 11.9. The topological polar surface area (TPSA) is 75.7 Å². The van der Waals surface area contributed by atoms with Crippen LogP contribution in [0.1, 0.15) is 39.5 Å². The fourth-order valence-corrected chi connectivity index (χ4v) is 4.17. The molecule has 6 nitrogen and oxygen atoms in total. The number of hydrogen-bond acceptors (Lipinski definition) is 4. The summed E-state index contributed by atoms with van der Waals surface area (Å²) in [6, 6.07) is 6.28. The molecule has 0 spiro atoms. The van der Waals surface area contributed by atoms with Crippen molar-refractivity contribution in [1.82, 2.24) is 9.62 Å². The summed E-state index contributed by atoms with van der Waals surface area (Å²) < 4.78 is 32.4. The minimum atomic E-state index is -3.45. The van der Waals surface area contributed by atoms with Crippen LogP contribution in [-0.2, 0) is 14.8 Å². The van der Waals surface area contributed by atoms with Gasteiger partial charge >= 0.3 is 0 Å². The van der Waals surface area contributed by atoms with E-state index in [-0.39, 0.29) is 17.4 Å². The van der Waals surface area contributed by atoms with Gasteiger partial charge in [-0.2, -0.15) is 4.31 Å². The normalized spacial score (nSPS) is 16.4. The Morgan fingerprint density at radius 1 is 1.12 bits per heavy atom. The monoisotopic (exact) mass is 368 g/mol. The highest BCUT2D eigenvalue weighted by Gasteiger charge is 2.24. The molecule has 1 fully saturated rings. The van der Waals surface area contributed by atoms with Crippen LogP contribution in [0, 0.1) is 5.92 Å². The molecule has 1 N–H and O–H groups in total. The number of ether oxygens (including phenoxy) is 1. The maximum Gasteiger partial charge on any atom is 0.257 e. The largest absolute Gasteiger partial charge is 0.484 e. The molecular weight excluding hydrogens is 340 g/mol. The molecule has 140 valence electrons. The van der Waals surface area contributed by atoms with Gasteiger partial charge in [0.2, 0.25) is 10.0 Å². The Balaban J connectivity index is 1.93. The predicted molar refractivity (Wildman–Crippen MR) is 97.0 cm³/mol. The second kappa shape index (κ2) is 9.20. The average molecular weight is 368 g/mol. The van der Waals surface area contributed by atoms with Gasteiger partial charge in [0.25, 0.3) is 5.91 Å². The summed E-state index contributed by atoms with van der Waals surface area (Å²) in [5.74, 6) is 0.678. The van der Waals surface area contributed by atoms with Crippen molar-refractivity contribution in [2.45, 2.75) is 44.4 Å². The molecule has 0 saturated carbocycles. The molecule has 0 radical (unpaired) electrons.